The Morgan fingerprint density at radius 3 is 2.53 bits per heavy atom. The van der Waals surface area contributed by atoms with Crippen LogP contribution in [0.1, 0.15) is 91.9 Å². The standard InChI is InChI=1S/C26H46N2O2/c1-5-7-14-28(15-8-6-2)16-10-13-27-19-22-21-17-23-20(3)11-9-12-26(23,4)18-24(21)30-25(22)29/h21-22,24,27H,5-19H2,1-4H3/t21-,22+,24-,26+/m0/s1. The van der Waals surface area contributed by atoms with Gasteiger partial charge in [0.1, 0.15) is 6.10 Å². The van der Waals surface area contributed by atoms with E-state index in [1.54, 1.807) is 11.1 Å². The van der Waals surface area contributed by atoms with Crippen LogP contribution in [0.15, 0.2) is 11.1 Å². The lowest BCUT2D eigenvalue weighted by Crippen LogP contribution is -2.41. The minimum absolute atomic E-state index is 0.0399. The van der Waals surface area contributed by atoms with Crippen LogP contribution in [0.4, 0.5) is 0 Å². The first-order chi connectivity index (χ1) is 14.5. The second-order valence-electron chi connectivity index (χ2n) is 10.4. The first kappa shape index (κ1) is 23.8. The molecule has 30 heavy (non-hydrogen) atoms. The van der Waals surface area contributed by atoms with Crippen LogP contribution >= 0.6 is 0 Å². The Bertz CT molecular complexity index is 594. The second kappa shape index (κ2) is 11.1. The molecule has 0 aromatic carbocycles. The van der Waals surface area contributed by atoms with Gasteiger partial charge in [0.05, 0.1) is 5.92 Å². The predicted octanol–water partition coefficient (Wildman–Crippen LogP) is 5.33. The summed E-state index contributed by atoms with van der Waals surface area (Å²) in [5.74, 6) is 0.468. The van der Waals surface area contributed by atoms with Gasteiger partial charge >= 0.3 is 5.97 Å². The van der Waals surface area contributed by atoms with E-state index in [0.29, 0.717) is 5.92 Å². The van der Waals surface area contributed by atoms with E-state index in [0.717, 1.165) is 32.4 Å². The average Bonchev–Trinajstić information content (AvgIpc) is 3.01. The van der Waals surface area contributed by atoms with Crippen molar-refractivity contribution in [3.05, 3.63) is 11.1 Å². The molecule has 2 aliphatic carbocycles. The molecular weight excluding hydrogens is 372 g/mol. The van der Waals surface area contributed by atoms with Gasteiger partial charge in [0.2, 0.25) is 0 Å². The summed E-state index contributed by atoms with van der Waals surface area (Å²) >= 11 is 0. The maximum Gasteiger partial charge on any atom is 0.310 e. The van der Waals surface area contributed by atoms with Crippen molar-refractivity contribution in [2.24, 2.45) is 17.3 Å². The zero-order chi connectivity index (χ0) is 21.6. The van der Waals surface area contributed by atoms with Crippen LogP contribution in [0.3, 0.4) is 0 Å². The summed E-state index contributed by atoms with van der Waals surface area (Å²) in [6.07, 6.45) is 12.3. The molecular formula is C26H46N2O2. The van der Waals surface area contributed by atoms with Crippen LogP contribution in [0.2, 0.25) is 0 Å². The minimum Gasteiger partial charge on any atom is -0.462 e. The number of hydrogen-bond acceptors (Lipinski definition) is 4. The fourth-order valence-corrected chi connectivity index (χ4v) is 6.13. The van der Waals surface area contributed by atoms with Gasteiger partial charge in [-0.25, -0.2) is 0 Å². The van der Waals surface area contributed by atoms with E-state index in [2.05, 4.69) is 37.9 Å². The maximum absolute atomic E-state index is 12.7. The van der Waals surface area contributed by atoms with Gasteiger partial charge in [-0.2, -0.15) is 0 Å². The molecule has 4 heteroatoms. The Labute approximate surface area is 185 Å². The Morgan fingerprint density at radius 2 is 1.83 bits per heavy atom. The molecule has 4 nitrogen and oxygen atoms in total. The SMILES string of the molecule is CCCCN(CCCC)CCCNC[C@H]1C(=O)O[C@H]2C[C@@]3(C)CCCC(C)=C3C[C@H]21. The van der Waals surface area contributed by atoms with Crippen molar-refractivity contribution < 1.29 is 9.53 Å². The Balaban J connectivity index is 1.46. The molecule has 0 unspecified atom stereocenters. The van der Waals surface area contributed by atoms with Gasteiger partial charge in [0.15, 0.2) is 0 Å². The summed E-state index contributed by atoms with van der Waals surface area (Å²) in [4.78, 5) is 15.3. The van der Waals surface area contributed by atoms with Crippen molar-refractivity contribution in [1.29, 1.82) is 0 Å². The van der Waals surface area contributed by atoms with Gasteiger partial charge in [-0.15, -0.1) is 0 Å². The zero-order valence-electron chi connectivity index (χ0n) is 20.1. The minimum atomic E-state index is 0.0399. The summed E-state index contributed by atoms with van der Waals surface area (Å²) in [5, 5.41) is 3.61. The molecule has 3 rings (SSSR count). The predicted molar refractivity (Wildman–Crippen MR) is 124 cm³/mol. The fraction of sp³-hybridized carbons (Fsp3) is 0.885. The van der Waals surface area contributed by atoms with E-state index in [4.69, 9.17) is 4.74 Å². The largest absolute Gasteiger partial charge is 0.462 e. The summed E-state index contributed by atoms with van der Waals surface area (Å²) in [7, 11) is 0. The molecule has 1 N–H and O–H groups in total. The van der Waals surface area contributed by atoms with E-state index in [1.807, 2.05) is 0 Å². The van der Waals surface area contributed by atoms with Crippen molar-refractivity contribution >= 4 is 5.97 Å². The van der Waals surface area contributed by atoms with Gasteiger partial charge in [-0.3, -0.25) is 4.79 Å². The molecule has 0 spiro atoms. The summed E-state index contributed by atoms with van der Waals surface area (Å²) in [5.41, 5.74) is 3.51. The number of rotatable bonds is 12. The van der Waals surface area contributed by atoms with Gasteiger partial charge in [-0.1, -0.05) is 44.8 Å². The molecule has 1 aliphatic heterocycles. The monoisotopic (exact) mass is 418 g/mol. The molecule has 1 saturated carbocycles. The lowest BCUT2D eigenvalue weighted by Gasteiger charge is -2.45. The van der Waals surface area contributed by atoms with E-state index in [-0.39, 0.29) is 23.4 Å². The zero-order valence-corrected chi connectivity index (χ0v) is 20.1. The van der Waals surface area contributed by atoms with Crippen LogP contribution in [0.25, 0.3) is 0 Å². The molecule has 0 aromatic heterocycles. The number of allylic oxidation sites excluding steroid dienone is 2. The number of nitrogens with zero attached hydrogens (tertiary/aromatic N) is 1. The molecule has 0 aromatic rings. The van der Waals surface area contributed by atoms with Gasteiger partial charge < -0.3 is 15.0 Å². The summed E-state index contributed by atoms with van der Waals surface area (Å²) in [6.45, 7) is 14.7. The summed E-state index contributed by atoms with van der Waals surface area (Å²) < 4.78 is 5.90. The maximum atomic E-state index is 12.7. The highest BCUT2D eigenvalue weighted by molar-refractivity contribution is 5.76. The van der Waals surface area contributed by atoms with Gasteiger partial charge in [0.25, 0.3) is 0 Å². The molecule has 0 radical (unpaired) electrons. The summed E-state index contributed by atoms with van der Waals surface area (Å²) in [6, 6.07) is 0. The molecule has 2 fully saturated rings. The number of carbonyl (C=O) groups excluding carboxylic acids is 1. The number of unbranched alkanes of at least 4 members (excludes halogenated alkanes) is 2. The van der Waals surface area contributed by atoms with Crippen molar-refractivity contribution in [1.82, 2.24) is 10.2 Å². The highest BCUT2D eigenvalue weighted by atomic mass is 16.6. The lowest BCUT2D eigenvalue weighted by atomic mass is 9.59. The number of hydrogen-bond donors (Lipinski definition) is 1. The number of fused-ring (bicyclic) bond motifs is 2. The Kier molecular flexibility index (Phi) is 8.82. The topological polar surface area (TPSA) is 41.6 Å². The van der Waals surface area contributed by atoms with E-state index >= 15 is 0 Å². The Hall–Kier alpha value is -0.870. The second-order valence-corrected chi connectivity index (χ2v) is 10.4. The number of ether oxygens (including phenoxy) is 1. The lowest BCUT2D eigenvalue weighted by molar-refractivity contribution is -0.145. The normalized spacial score (nSPS) is 31.1. The van der Waals surface area contributed by atoms with Crippen LogP contribution in [0.5, 0.6) is 0 Å². The van der Waals surface area contributed by atoms with Crippen LogP contribution in [-0.2, 0) is 9.53 Å². The highest BCUT2D eigenvalue weighted by Crippen LogP contribution is 2.54. The number of carbonyl (C=O) groups is 1. The molecule has 1 saturated heterocycles. The fourth-order valence-electron chi connectivity index (χ4n) is 6.13. The molecule has 0 bridgehead atoms. The Morgan fingerprint density at radius 1 is 1.13 bits per heavy atom. The number of nitrogens with one attached hydrogen (secondary N) is 1. The van der Waals surface area contributed by atoms with E-state index < -0.39 is 0 Å². The molecule has 3 aliphatic rings. The molecule has 172 valence electrons. The first-order valence-electron chi connectivity index (χ1n) is 12.8. The van der Waals surface area contributed by atoms with Gasteiger partial charge in [-0.05, 0) is 89.9 Å². The third-order valence-electron chi connectivity index (χ3n) is 8.03. The van der Waals surface area contributed by atoms with Crippen molar-refractivity contribution in [2.75, 3.05) is 32.7 Å². The quantitative estimate of drug-likeness (QED) is 0.264. The highest BCUT2D eigenvalue weighted by Gasteiger charge is 2.52. The third kappa shape index (κ3) is 5.68. The first-order valence-corrected chi connectivity index (χ1v) is 12.8. The van der Waals surface area contributed by atoms with Crippen LogP contribution < -0.4 is 5.32 Å². The van der Waals surface area contributed by atoms with E-state index in [9.17, 15) is 4.79 Å². The van der Waals surface area contributed by atoms with Crippen molar-refractivity contribution in [3.63, 3.8) is 0 Å². The van der Waals surface area contributed by atoms with E-state index in [1.165, 1.54) is 64.6 Å². The average molecular weight is 419 g/mol. The molecule has 4 atom stereocenters. The van der Waals surface area contributed by atoms with Crippen LogP contribution in [-0.4, -0.2) is 49.7 Å². The van der Waals surface area contributed by atoms with Gasteiger partial charge in [0, 0.05) is 12.5 Å². The third-order valence-corrected chi connectivity index (χ3v) is 8.03. The van der Waals surface area contributed by atoms with Crippen LogP contribution in [0, 0.1) is 17.3 Å². The molecule has 0 amide bonds. The molecule has 1 heterocycles. The number of esters is 1. The van der Waals surface area contributed by atoms with Crippen molar-refractivity contribution in [3.8, 4) is 0 Å². The van der Waals surface area contributed by atoms with Crippen molar-refractivity contribution in [2.45, 2.75) is 98.0 Å². The smallest absolute Gasteiger partial charge is 0.310 e.